The molecule has 2 aromatic carbocycles. The second-order valence-electron chi connectivity index (χ2n) is 5.93. The van der Waals surface area contributed by atoms with Gasteiger partial charge in [0.25, 0.3) is 0 Å². The van der Waals surface area contributed by atoms with E-state index in [0.717, 1.165) is 11.3 Å². The van der Waals surface area contributed by atoms with Crippen molar-refractivity contribution < 1.29 is 19.2 Å². The van der Waals surface area contributed by atoms with Crippen LogP contribution in [0.5, 0.6) is 0 Å². The predicted molar refractivity (Wildman–Crippen MR) is 90.8 cm³/mol. The normalized spacial score (nSPS) is 21.5. The minimum Gasteiger partial charge on any atom is -0.308 e. The Hall–Kier alpha value is -3.42. The molecule has 2 aromatic rings. The highest BCUT2D eigenvalue weighted by atomic mass is 19.1. The fourth-order valence-corrected chi connectivity index (χ4v) is 3.16. The molecule has 0 aliphatic carbocycles. The van der Waals surface area contributed by atoms with Crippen LogP contribution in [0, 0.1) is 5.82 Å². The summed E-state index contributed by atoms with van der Waals surface area (Å²) in [6.45, 7) is 0. The zero-order valence-corrected chi connectivity index (χ0v) is 13.4. The van der Waals surface area contributed by atoms with Crippen molar-refractivity contribution in [1.82, 2.24) is 5.32 Å². The van der Waals surface area contributed by atoms with Crippen molar-refractivity contribution >= 4 is 29.2 Å². The average molecular weight is 340 g/mol. The van der Waals surface area contributed by atoms with E-state index in [1.807, 2.05) is 24.3 Å². The maximum atomic E-state index is 13.1. The van der Waals surface area contributed by atoms with Crippen molar-refractivity contribution in [3.63, 3.8) is 0 Å². The molecule has 0 bridgehead atoms. The van der Waals surface area contributed by atoms with Gasteiger partial charge in [0.2, 0.25) is 0 Å². The Kier molecular flexibility index (Phi) is 3.21. The molecule has 1 atom stereocenters. The van der Waals surface area contributed by atoms with E-state index in [4.69, 9.17) is 5.73 Å². The van der Waals surface area contributed by atoms with Gasteiger partial charge >= 0.3 is 23.5 Å². The number of fused-ring (bicyclic) bond motifs is 2. The highest BCUT2D eigenvalue weighted by Gasteiger charge is 2.55. The molecule has 2 heterocycles. The zero-order valence-electron chi connectivity index (χ0n) is 13.4. The second kappa shape index (κ2) is 5.30. The first-order valence-corrected chi connectivity index (χ1v) is 7.72. The molecule has 1 spiro atoms. The van der Waals surface area contributed by atoms with E-state index >= 15 is 0 Å². The lowest BCUT2D eigenvalue weighted by Gasteiger charge is -2.21. The van der Waals surface area contributed by atoms with E-state index in [0.29, 0.717) is 11.6 Å². The van der Waals surface area contributed by atoms with Crippen molar-refractivity contribution in [2.24, 2.45) is 5.73 Å². The molecule has 126 valence electrons. The fraction of sp³-hybridized carbons (Fsp3) is 0.118. The Morgan fingerprint density at radius 3 is 2.64 bits per heavy atom. The van der Waals surface area contributed by atoms with Gasteiger partial charge in [-0.1, -0.05) is 12.1 Å². The van der Waals surface area contributed by atoms with Crippen LogP contribution in [0.3, 0.4) is 0 Å². The molecule has 2 aliphatic rings. The minimum atomic E-state index is -1.21. The summed E-state index contributed by atoms with van der Waals surface area (Å²) in [7, 11) is 1.71. The molecule has 8 heteroatoms. The third-order valence-electron chi connectivity index (χ3n) is 4.30. The third-order valence-corrected chi connectivity index (χ3v) is 4.30. The first-order chi connectivity index (χ1) is 12.0. The van der Waals surface area contributed by atoms with Crippen molar-refractivity contribution in [1.29, 1.82) is 0 Å². The summed E-state index contributed by atoms with van der Waals surface area (Å²) in [5, 5.41) is 5.98. The molecule has 0 radical (unpaired) electrons. The standard InChI is InChI=1S/C17H15FN6O/c1-24-13-5-3-2-4-12(13)17(14(24)25)22-15(19)21-16(23-17)20-11-8-6-10(18)7-9-11/h2-9H,1H3,(H4,19,20,21,22,23)/p+2/t17-/m0/s1. The monoisotopic (exact) mass is 340 g/mol. The number of hydrogen-bond donors (Lipinski definition) is 5. The highest BCUT2D eigenvalue weighted by Crippen LogP contribution is 2.32. The first-order valence-electron chi connectivity index (χ1n) is 7.72. The van der Waals surface area contributed by atoms with Crippen LogP contribution in [0.2, 0.25) is 0 Å². The van der Waals surface area contributed by atoms with Crippen LogP contribution < -0.4 is 31.3 Å². The van der Waals surface area contributed by atoms with E-state index in [9.17, 15) is 9.18 Å². The number of nitrogens with one attached hydrogen (secondary N) is 4. The van der Waals surface area contributed by atoms with Gasteiger partial charge in [-0.25, -0.2) is 19.7 Å². The van der Waals surface area contributed by atoms with Crippen LogP contribution in [-0.4, -0.2) is 24.9 Å². The molecule has 2 aliphatic heterocycles. The number of para-hydroxylation sites is 1. The van der Waals surface area contributed by atoms with Gasteiger partial charge < -0.3 is 4.90 Å². The first kappa shape index (κ1) is 15.1. The lowest BCUT2D eigenvalue weighted by atomic mass is 10.0. The van der Waals surface area contributed by atoms with Crippen molar-refractivity contribution in [2.45, 2.75) is 5.66 Å². The fourth-order valence-electron chi connectivity index (χ4n) is 3.16. The molecule has 0 saturated heterocycles. The molecule has 1 amide bonds. The van der Waals surface area contributed by atoms with Gasteiger partial charge in [-0.15, -0.1) is 0 Å². The number of carbonyl (C=O) groups excluding carboxylic acids is 1. The topological polar surface area (TPSA) is 98.3 Å². The number of hydrogen-bond acceptors (Lipinski definition) is 4. The number of halogens is 1. The molecule has 0 aromatic heterocycles. The SMILES string of the molecule is CN1C(=O)[C@]2([NH+]=C(N)NC(Nc3ccc(F)cc3)=[NH+]2)c2ccccc21. The van der Waals surface area contributed by atoms with Gasteiger partial charge in [-0.05, 0) is 36.4 Å². The van der Waals surface area contributed by atoms with Crippen molar-refractivity contribution in [2.75, 3.05) is 17.3 Å². The van der Waals surface area contributed by atoms with Crippen molar-refractivity contribution in [3.05, 3.63) is 59.9 Å². The average Bonchev–Trinajstić information content (AvgIpc) is 2.79. The molecule has 25 heavy (non-hydrogen) atoms. The van der Waals surface area contributed by atoms with E-state index in [-0.39, 0.29) is 17.7 Å². The lowest BCUT2D eigenvalue weighted by molar-refractivity contribution is -0.789. The van der Waals surface area contributed by atoms with Gasteiger partial charge in [0.1, 0.15) is 5.82 Å². The van der Waals surface area contributed by atoms with Gasteiger partial charge in [0.15, 0.2) is 0 Å². The minimum absolute atomic E-state index is 0.184. The molecule has 4 rings (SSSR count). The maximum Gasteiger partial charge on any atom is 0.361 e. The molecular formula is C17H17FN6O+2. The van der Waals surface area contributed by atoms with Crippen LogP contribution in [0.4, 0.5) is 15.8 Å². The number of anilines is 2. The number of likely N-dealkylation sites (N-methyl/N-ethyl adjacent to an activating group) is 1. The Balaban J connectivity index is 1.78. The maximum absolute atomic E-state index is 13.1. The molecule has 0 fully saturated rings. The number of guanidine groups is 2. The molecule has 7 nitrogen and oxygen atoms in total. The van der Waals surface area contributed by atoms with Gasteiger partial charge in [-0.3, -0.25) is 10.5 Å². The largest absolute Gasteiger partial charge is 0.361 e. The predicted octanol–water partition coefficient (Wildman–Crippen LogP) is -2.50. The van der Waals surface area contributed by atoms with E-state index in [2.05, 4.69) is 20.6 Å². The molecule has 0 saturated carbocycles. The Bertz CT molecular complexity index is 923. The van der Waals surface area contributed by atoms with Crippen LogP contribution in [0.1, 0.15) is 5.56 Å². The smallest absolute Gasteiger partial charge is 0.308 e. The molecular weight excluding hydrogens is 323 g/mol. The lowest BCUT2D eigenvalue weighted by Crippen LogP contribution is -3.14. The van der Waals surface area contributed by atoms with Gasteiger partial charge in [-0.2, -0.15) is 5.32 Å². The number of rotatable bonds is 1. The summed E-state index contributed by atoms with van der Waals surface area (Å²) < 4.78 is 13.1. The number of nitrogens with two attached hydrogens (primary N) is 1. The second-order valence-corrected chi connectivity index (χ2v) is 5.93. The van der Waals surface area contributed by atoms with Gasteiger partial charge in [0.05, 0.1) is 16.9 Å². The number of amides is 1. The highest BCUT2D eigenvalue weighted by molar-refractivity contribution is 6.07. The number of nitrogens with zero attached hydrogens (tertiary/aromatic N) is 1. The summed E-state index contributed by atoms with van der Waals surface area (Å²) in [5.41, 5.74) is 6.99. The Labute approximate surface area is 143 Å². The summed E-state index contributed by atoms with van der Waals surface area (Å²) in [4.78, 5) is 20.7. The number of benzene rings is 2. The Morgan fingerprint density at radius 2 is 1.88 bits per heavy atom. The summed E-state index contributed by atoms with van der Waals surface area (Å²) in [6.07, 6.45) is 0. The quantitative estimate of drug-likeness (QED) is 0.396. The molecule has 6 N–H and O–H groups in total. The van der Waals surface area contributed by atoms with E-state index in [1.54, 1.807) is 24.1 Å². The summed E-state index contributed by atoms with van der Waals surface area (Å²) >= 11 is 0. The number of carbonyl (C=O) groups is 1. The van der Waals surface area contributed by atoms with Crippen LogP contribution >= 0.6 is 0 Å². The third kappa shape index (κ3) is 2.30. The van der Waals surface area contributed by atoms with Crippen molar-refractivity contribution in [3.8, 4) is 0 Å². The Morgan fingerprint density at radius 1 is 1.16 bits per heavy atom. The van der Waals surface area contributed by atoms with E-state index < -0.39 is 5.66 Å². The molecule has 0 unspecified atom stereocenters. The van der Waals surface area contributed by atoms with Crippen LogP contribution in [0.25, 0.3) is 0 Å². The van der Waals surface area contributed by atoms with Gasteiger partial charge in [0, 0.05) is 7.05 Å². The van der Waals surface area contributed by atoms with E-state index in [1.165, 1.54) is 12.1 Å². The summed E-state index contributed by atoms with van der Waals surface area (Å²) in [6, 6.07) is 13.3. The summed E-state index contributed by atoms with van der Waals surface area (Å²) in [5.74, 6) is 0.130. The zero-order chi connectivity index (χ0) is 17.6. The van der Waals surface area contributed by atoms with Crippen LogP contribution in [-0.2, 0) is 10.5 Å². The van der Waals surface area contributed by atoms with Crippen LogP contribution in [0.15, 0.2) is 48.5 Å².